The highest BCUT2D eigenvalue weighted by molar-refractivity contribution is 7.55. The van der Waals surface area contributed by atoms with Crippen LogP contribution in [0.25, 0.3) is 0 Å². The first-order chi connectivity index (χ1) is 11.5. The van der Waals surface area contributed by atoms with E-state index >= 15 is 0 Å². The predicted molar refractivity (Wildman–Crippen MR) is 95.9 cm³/mol. The first kappa shape index (κ1) is 20.9. The summed E-state index contributed by atoms with van der Waals surface area (Å²) >= 11 is 0. The van der Waals surface area contributed by atoms with Gasteiger partial charge in [0.1, 0.15) is 17.2 Å². The Morgan fingerprint density at radius 3 is 2.12 bits per heavy atom. The first-order valence-electron chi connectivity index (χ1n) is 8.49. The maximum absolute atomic E-state index is 12.8. The minimum Gasteiger partial charge on any atom is -0.497 e. The molecule has 0 amide bonds. The van der Waals surface area contributed by atoms with E-state index in [1.807, 2.05) is 24.3 Å². The Bertz CT molecular complexity index is 531. The van der Waals surface area contributed by atoms with Crippen LogP contribution in [0.4, 0.5) is 0 Å². The molecule has 24 heavy (non-hydrogen) atoms. The van der Waals surface area contributed by atoms with Gasteiger partial charge in [-0.05, 0) is 57.7 Å². The topological polar surface area (TPSA) is 61.8 Å². The zero-order valence-corrected chi connectivity index (χ0v) is 16.0. The molecule has 0 aromatic heterocycles. The third-order valence-corrected chi connectivity index (χ3v) is 6.44. The molecule has 6 heteroatoms. The highest BCUT2D eigenvalue weighted by atomic mass is 31.2. The molecule has 0 radical (unpaired) electrons. The highest BCUT2D eigenvalue weighted by Crippen LogP contribution is 2.54. The summed E-state index contributed by atoms with van der Waals surface area (Å²) in [6.07, 6.45) is 3.12. The van der Waals surface area contributed by atoms with Crippen LogP contribution < -0.4 is 4.74 Å². The number of ether oxygens (including phenoxy) is 1. The number of hydrogen-bond acceptors (Lipinski definition) is 5. The van der Waals surface area contributed by atoms with Crippen LogP contribution >= 0.6 is 7.60 Å². The molecule has 0 aliphatic carbocycles. The molecule has 0 fully saturated rings. The maximum Gasteiger partial charge on any atom is 0.341 e. The Hall–Kier alpha value is -1.16. The number of rotatable bonds is 12. The van der Waals surface area contributed by atoms with E-state index in [2.05, 4.69) is 0 Å². The molecule has 0 saturated heterocycles. The zero-order valence-electron chi connectivity index (χ0n) is 15.1. The third-order valence-electron chi connectivity index (χ3n) is 3.82. The van der Waals surface area contributed by atoms with Gasteiger partial charge in [0.2, 0.25) is 0 Å². The molecular formula is C18H29O5P. The van der Waals surface area contributed by atoms with Crippen molar-refractivity contribution < 1.29 is 23.1 Å². The van der Waals surface area contributed by atoms with Gasteiger partial charge in [-0.1, -0.05) is 18.6 Å². The van der Waals surface area contributed by atoms with Crippen molar-refractivity contribution in [3.05, 3.63) is 29.8 Å². The lowest BCUT2D eigenvalue weighted by Crippen LogP contribution is -2.21. The van der Waals surface area contributed by atoms with E-state index in [1.54, 1.807) is 21.0 Å². The quantitative estimate of drug-likeness (QED) is 0.403. The van der Waals surface area contributed by atoms with Gasteiger partial charge in [0.25, 0.3) is 0 Å². The Morgan fingerprint density at radius 2 is 1.67 bits per heavy atom. The molecule has 0 saturated carbocycles. The lowest BCUT2D eigenvalue weighted by atomic mass is 10.1. The van der Waals surface area contributed by atoms with Gasteiger partial charge in [-0.2, -0.15) is 0 Å². The summed E-state index contributed by atoms with van der Waals surface area (Å²) in [5, 5.41) is 0. The maximum atomic E-state index is 12.8. The summed E-state index contributed by atoms with van der Waals surface area (Å²) in [6.45, 7) is 5.51. The van der Waals surface area contributed by atoms with Gasteiger partial charge in [0, 0.05) is 0 Å². The van der Waals surface area contributed by atoms with E-state index in [4.69, 9.17) is 13.8 Å². The molecular weight excluding hydrogens is 327 g/mol. The number of carbonyl (C=O) groups excluding carboxylic acids is 1. The fourth-order valence-corrected chi connectivity index (χ4v) is 4.72. The zero-order chi connectivity index (χ0) is 18.0. The van der Waals surface area contributed by atoms with E-state index in [-0.39, 0.29) is 19.0 Å². The summed E-state index contributed by atoms with van der Waals surface area (Å²) in [5.74, 6) is 0.703. The summed E-state index contributed by atoms with van der Waals surface area (Å²) in [6, 6.07) is 7.94. The van der Waals surface area contributed by atoms with E-state index in [9.17, 15) is 9.36 Å². The normalized spacial score (nSPS) is 12.8. The largest absolute Gasteiger partial charge is 0.497 e. The van der Waals surface area contributed by atoms with E-state index in [1.165, 1.54) is 12.5 Å². The monoisotopic (exact) mass is 356 g/mol. The van der Waals surface area contributed by atoms with Gasteiger partial charge < -0.3 is 13.8 Å². The van der Waals surface area contributed by atoms with Gasteiger partial charge in [0.05, 0.1) is 20.3 Å². The van der Waals surface area contributed by atoms with Crippen LogP contribution in [0.1, 0.15) is 45.6 Å². The molecule has 136 valence electrons. The number of aryl methyl sites for hydroxylation is 1. The number of ketones is 1. The molecule has 1 aromatic rings. The molecule has 0 heterocycles. The van der Waals surface area contributed by atoms with Crippen molar-refractivity contribution in [2.24, 2.45) is 0 Å². The van der Waals surface area contributed by atoms with Crippen LogP contribution in [-0.2, 0) is 24.8 Å². The van der Waals surface area contributed by atoms with Crippen molar-refractivity contribution in [2.45, 2.75) is 52.1 Å². The molecule has 0 bridgehead atoms. The van der Waals surface area contributed by atoms with Crippen molar-refractivity contribution >= 4 is 13.4 Å². The average Bonchev–Trinajstić information content (AvgIpc) is 2.55. The summed E-state index contributed by atoms with van der Waals surface area (Å²) < 4.78 is 28.6. The standard InChI is InChI=1S/C18H29O5P/c1-5-22-24(20,23-6-2)18(15(3)19)10-8-7-9-16-11-13-17(21-4)14-12-16/h11-14,18H,5-10H2,1-4H3/t18-/m0/s1. The van der Waals surface area contributed by atoms with Gasteiger partial charge in [-0.3, -0.25) is 9.36 Å². The van der Waals surface area contributed by atoms with Crippen LogP contribution in [0.2, 0.25) is 0 Å². The molecule has 0 aliphatic heterocycles. The summed E-state index contributed by atoms with van der Waals surface area (Å²) in [4.78, 5) is 11.9. The van der Waals surface area contributed by atoms with Crippen LogP contribution in [0.5, 0.6) is 5.75 Å². The number of methoxy groups -OCH3 is 1. The Morgan fingerprint density at radius 1 is 1.08 bits per heavy atom. The lowest BCUT2D eigenvalue weighted by Gasteiger charge is -2.24. The summed E-state index contributed by atoms with van der Waals surface area (Å²) in [5.41, 5.74) is 0.543. The fraction of sp³-hybridized carbons (Fsp3) is 0.611. The van der Waals surface area contributed by atoms with Crippen molar-refractivity contribution in [1.82, 2.24) is 0 Å². The average molecular weight is 356 g/mol. The molecule has 0 spiro atoms. The number of hydrogen-bond donors (Lipinski definition) is 0. The van der Waals surface area contributed by atoms with Crippen LogP contribution in [0, 0.1) is 0 Å². The molecule has 1 aromatic carbocycles. The van der Waals surface area contributed by atoms with Gasteiger partial charge in [0.15, 0.2) is 0 Å². The second kappa shape index (κ2) is 10.7. The third kappa shape index (κ3) is 6.39. The van der Waals surface area contributed by atoms with E-state index in [0.29, 0.717) is 6.42 Å². The number of unbranched alkanes of at least 4 members (excludes halogenated alkanes) is 1. The molecule has 0 unspecified atom stereocenters. The van der Waals surface area contributed by atoms with Gasteiger partial charge >= 0.3 is 7.60 Å². The molecule has 1 atom stereocenters. The fourth-order valence-electron chi connectivity index (χ4n) is 2.62. The number of carbonyl (C=O) groups is 1. The Kier molecular flexibility index (Phi) is 9.27. The Labute approximate surface area is 145 Å². The SMILES string of the molecule is CCOP(=O)(OCC)[C@@H](CCCCc1ccc(OC)cc1)C(C)=O. The van der Waals surface area contributed by atoms with E-state index < -0.39 is 13.3 Å². The number of Topliss-reactive ketones (excluding diaryl/α,β-unsaturated/α-hetero) is 1. The molecule has 5 nitrogen and oxygen atoms in total. The second-order valence-corrected chi connectivity index (χ2v) is 7.82. The minimum atomic E-state index is -3.37. The summed E-state index contributed by atoms with van der Waals surface area (Å²) in [7, 11) is -1.73. The highest BCUT2D eigenvalue weighted by Gasteiger charge is 2.38. The van der Waals surface area contributed by atoms with Crippen molar-refractivity contribution in [3.63, 3.8) is 0 Å². The molecule has 0 aliphatic rings. The van der Waals surface area contributed by atoms with E-state index in [0.717, 1.165) is 25.0 Å². The van der Waals surface area contributed by atoms with Gasteiger partial charge in [-0.25, -0.2) is 0 Å². The molecule has 1 rings (SSSR count). The lowest BCUT2D eigenvalue weighted by molar-refractivity contribution is -0.117. The van der Waals surface area contributed by atoms with Crippen molar-refractivity contribution in [3.8, 4) is 5.75 Å². The minimum absolute atomic E-state index is 0.135. The van der Waals surface area contributed by atoms with Crippen LogP contribution in [-0.4, -0.2) is 31.8 Å². The number of benzene rings is 1. The van der Waals surface area contributed by atoms with Crippen molar-refractivity contribution in [2.75, 3.05) is 20.3 Å². The van der Waals surface area contributed by atoms with Gasteiger partial charge in [-0.15, -0.1) is 0 Å². The molecule has 0 N–H and O–H groups in total. The van der Waals surface area contributed by atoms with Crippen LogP contribution in [0.15, 0.2) is 24.3 Å². The first-order valence-corrected chi connectivity index (χ1v) is 10.1. The van der Waals surface area contributed by atoms with Crippen molar-refractivity contribution in [1.29, 1.82) is 0 Å². The smallest absolute Gasteiger partial charge is 0.341 e. The van der Waals surface area contributed by atoms with Crippen LogP contribution in [0.3, 0.4) is 0 Å². The Balaban J connectivity index is 2.56. The second-order valence-electron chi connectivity index (χ2n) is 5.60. The predicted octanol–water partition coefficient (Wildman–Crippen LogP) is 4.63.